The predicted molar refractivity (Wildman–Crippen MR) is 85.3 cm³/mol. The second-order valence-electron chi connectivity index (χ2n) is 5.06. The lowest BCUT2D eigenvalue weighted by Gasteiger charge is -2.33. The number of amides is 1. The van der Waals surface area contributed by atoms with E-state index in [2.05, 4.69) is 9.59 Å². The van der Waals surface area contributed by atoms with E-state index in [1.807, 2.05) is 36.1 Å². The number of carbonyl (C=O) groups is 1. The highest BCUT2D eigenvalue weighted by molar-refractivity contribution is 7.08. The largest absolute Gasteiger partial charge is 0.370 e. The Morgan fingerprint density at radius 1 is 1.45 bits per heavy atom. The summed E-state index contributed by atoms with van der Waals surface area (Å²) in [4.78, 5) is 15.1. The predicted octanol–water partition coefficient (Wildman–Crippen LogP) is 2.97. The molecule has 0 bridgehead atoms. The van der Waals surface area contributed by atoms with Crippen molar-refractivity contribution in [3.05, 3.63) is 45.4 Å². The standard InChI is InChI=1S/C15H16ClN3O2S/c1-2-12-14(22-18-17-12)15(20)19-7-8-21-13(9-19)10-3-5-11(16)6-4-10/h3-6,13H,2,7-9H2,1H3/t13-/m0/s1. The summed E-state index contributed by atoms with van der Waals surface area (Å²) in [5.74, 6) is -0.00545. The van der Waals surface area contributed by atoms with Crippen LogP contribution in [0, 0.1) is 0 Å². The third-order valence-electron chi connectivity index (χ3n) is 3.68. The third-order valence-corrected chi connectivity index (χ3v) is 4.69. The summed E-state index contributed by atoms with van der Waals surface area (Å²) in [6.07, 6.45) is 0.587. The van der Waals surface area contributed by atoms with Crippen LogP contribution in [0.25, 0.3) is 0 Å². The van der Waals surface area contributed by atoms with Gasteiger partial charge in [0.25, 0.3) is 5.91 Å². The third kappa shape index (κ3) is 3.14. The number of hydrogen-bond donors (Lipinski definition) is 0. The zero-order chi connectivity index (χ0) is 15.5. The first kappa shape index (κ1) is 15.4. The quantitative estimate of drug-likeness (QED) is 0.864. The number of benzene rings is 1. The number of morpholine rings is 1. The number of halogens is 1. The van der Waals surface area contributed by atoms with Gasteiger partial charge in [-0.3, -0.25) is 4.79 Å². The summed E-state index contributed by atoms with van der Waals surface area (Å²) >= 11 is 7.08. The van der Waals surface area contributed by atoms with Crippen LogP contribution in [0.2, 0.25) is 5.02 Å². The van der Waals surface area contributed by atoms with Crippen LogP contribution in [0.5, 0.6) is 0 Å². The van der Waals surface area contributed by atoms with Gasteiger partial charge in [0.1, 0.15) is 11.0 Å². The van der Waals surface area contributed by atoms with Gasteiger partial charge >= 0.3 is 0 Å². The Morgan fingerprint density at radius 2 is 2.23 bits per heavy atom. The van der Waals surface area contributed by atoms with E-state index < -0.39 is 0 Å². The van der Waals surface area contributed by atoms with E-state index in [0.717, 1.165) is 22.8 Å². The molecule has 1 aromatic heterocycles. The molecule has 0 unspecified atom stereocenters. The lowest BCUT2D eigenvalue weighted by Crippen LogP contribution is -2.42. The fourth-order valence-electron chi connectivity index (χ4n) is 2.46. The van der Waals surface area contributed by atoms with Gasteiger partial charge in [-0.05, 0) is 35.6 Å². The number of nitrogens with zero attached hydrogens (tertiary/aromatic N) is 3. The molecule has 0 saturated carbocycles. The highest BCUT2D eigenvalue weighted by atomic mass is 35.5. The maximum atomic E-state index is 12.7. The molecule has 5 nitrogen and oxygen atoms in total. The van der Waals surface area contributed by atoms with Crippen LogP contribution in [0.15, 0.2) is 24.3 Å². The van der Waals surface area contributed by atoms with Gasteiger partial charge in [-0.2, -0.15) is 0 Å². The molecule has 1 aliphatic rings. The van der Waals surface area contributed by atoms with Crippen LogP contribution in [-0.2, 0) is 11.2 Å². The number of ether oxygens (including phenoxy) is 1. The molecule has 1 amide bonds. The van der Waals surface area contributed by atoms with Crippen LogP contribution in [0.4, 0.5) is 0 Å². The smallest absolute Gasteiger partial charge is 0.267 e. The van der Waals surface area contributed by atoms with E-state index in [0.29, 0.717) is 36.0 Å². The zero-order valence-electron chi connectivity index (χ0n) is 12.2. The first-order valence-corrected chi connectivity index (χ1v) is 8.31. The van der Waals surface area contributed by atoms with Gasteiger partial charge < -0.3 is 9.64 Å². The van der Waals surface area contributed by atoms with Crippen molar-refractivity contribution in [2.24, 2.45) is 0 Å². The monoisotopic (exact) mass is 337 g/mol. The van der Waals surface area contributed by atoms with Crippen LogP contribution in [0.3, 0.4) is 0 Å². The molecule has 1 aliphatic heterocycles. The summed E-state index contributed by atoms with van der Waals surface area (Å²) in [6, 6.07) is 7.55. The van der Waals surface area contributed by atoms with Gasteiger partial charge in [-0.15, -0.1) is 5.10 Å². The minimum Gasteiger partial charge on any atom is -0.370 e. The Morgan fingerprint density at radius 3 is 2.95 bits per heavy atom. The summed E-state index contributed by atoms with van der Waals surface area (Å²) in [5.41, 5.74) is 1.80. The number of aromatic nitrogens is 2. The van der Waals surface area contributed by atoms with Crippen molar-refractivity contribution in [1.82, 2.24) is 14.5 Å². The number of aryl methyl sites for hydroxylation is 1. The molecule has 1 fully saturated rings. The molecule has 22 heavy (non-hydrogen) atoms. The SMILES string of the molecule is CCc1nnsc1C(=O)N1CCO[C@H](c2ccc(Cl)cc2)C1. The van der Waals surface area contributed by atoms with Crippen molar-refractivity contribution < 1.29 is 9.53 Å². The first-order valence-electron chi connectivity index (χ1n) is 7.16. The maximum Gasteiger partial charge on any atom is 0.267 e. The molecule has 2 aromatic rings. The van der Waals surface area contributed by atoms with Crippen molar-refractivity contribution in [2.75, 3.05) is 19.7 Å². The van der Waals surface area contributed by atoms with Gasteiger partial charge in [0.2, 0.25) is 0 Å². The topological polar surface area (TPSA) is 55.3 Å². The highest BCUT2D eigenvalue weighted by Gasteiger charge is 2.28. The van der Waals surface area contributed by atoms with Crippen LogP contribution in [0.1, 0.15) is 34.0 Å². The molecular weight excluding hydrogens is 322 g/mol. The molecule has 1 atom stereocenters. The van der Waals surface area contributed by atoms with Crippen molar-refractivity contribution in [2.45, 2.75) is 19.4 Å². The Kier molecular flexibility index (Phi) is 4.71. The molecule has 1 aromatic carbocycles. The van der Waals surface area contributed by atoms with Gasteiger partial charge in [0.15, 0.2) is 0 Å². The normalized spacial score (nSPS) is 18.5. The lowest BCUT2D eigenvalue weighted by molar-refractivity contribution is -0.0227. The van der Waals surface area contributed by atoms with Gasteiger partial charge in [-0.1, -0.05) is 35.1 Å². The summed E-state index contributed by atoms with van der Waals surface area (Å²) in [5, 5.41) is 4.70. The minimum atomic E-state index is -0.124. The number of rotatable bonds is 3. The molecule has 1 saturated heterocycles. The Hall–Kier alpha value is -1.50. The number of hydrogen-bond acceptors (Lipinski definition) is 5. The van der Waals surface area contributed by atoms with Crippen molar-refractivity contribution in [3.63, 3.8) is 0 Å². The summed E-state index contributed by atoms with van der Waals surface area (Å²) in [6.45, 7) is 3.61. The van der Waals surface area contributed by atoms with E-state index in [1.165, 1.54) is 0 Å². The summed E-state index contributed by atoms with van der Waals surface area (Å²) < 4.78 is 9.69. The average molecular weight is 338 g/mol. The van der Waals surface area contributed by atoms with Crippen LogP contribution < -0.4 is 0 Å². The molecule has 116 valence electrons. The lowest BCUT2D eigenvalue weighted by atomic mass is 10.1. The van der Waals surface area contributed by atoms with E-state index in [9.17, 15) is 4.79 Å². The molecule has 2 heterocycles. The maximum absolute atomic E-state index is 12.7. The fourth-order valence-corrected chi connectivity index (χ4v) is 3.30. The molecule has 0 spiro atoms. The van der Waals surface area contributed by atoms with E-state index >= 15 is 0 Å². The zero-order valence-corrected chi connectivity index (χ0v) is 13.7. The second kappa shape index (κ2) is 6.73. The fraction of sp³-hybridized carbons (Fsp3) is 0.400. The number of carbonyl (C=O) groups excluding carboxylic acids is 1. The van der Waals surface area contributed by atoms with E-state index in [1.54, 1.807) is 0 Å². The second-order valence-corrected chi connectivity index (χ2v) is 6.26. The average Bonchev–Trinajstić information content (AvgIpc) is 3.03. The Bertz CT molecular complexity index is 659. The molecule has 3 rings (SSSR count). The van der Waals surface area contributed by atoms with E-state index in [-0.39, 0.29) is 12.0 Å². The molecular formula is C15H16ClN3O2S. The Balaban J connectivity index is 1.75. The van der Waals surface area contributed by atoms with Gasteiger partial charge in [0.05, 0.1) is 18.8 Å². The molecule has 0 N–H and O–H groups in total. The summed E-state index contributed by atoms with van der Waals surface area (Å²) in [7, 11) is 0. The Labute approximate surface area is 138 Å². The van der Waals surface area contributed by atoms with Crippen LogP contribution in [-0.4, -0.2) is 40.1 Å². The van der Waals surface area contributed by atoms with Gasteiger partial charge in [0, 0.05) is 11.6 Å². The molecule has 0 aliphatic carbocycles. The molecule has 0 radical (unpaired) electrons. The van der Waals surface area contributed by atoms with Gasteiger partial charge in [-0.25, -0.2) is 0 Å². The minimum absolute atomic E-state index is 0.00545. The first-order chi connectivity index (χ1) is 10.7. The van der Waals surface area contributed by atoms with Crippen molar-refractivity contribution in [3.8, 4) is 0 Å². The van der Waals surface area contributed by atoms with Crippen molar-refractivity contribution in [1.29, 1.82) is 0 Å². The highest BCUT2D eigenvalue weighted by Crippen LogP contribution is 2.25. The van der Waals surface area contributed by atoms with Crippen LogP contribution >= 0.6 is 23.1 Å². The van der Waals surface area contributed by atoms with E-state index in [4.69, 9.17) is 16.3 Å². The molecule has 7 heteroatoms. The van der Waals surface area contributed by atoms with Crippen molar-refractivity contribution >= 4 is 29.0 Å².